The lowest BCUT2D eigenvalue weighted by molar-refractivity contribution is -0.765. The summed E-state index contributed by atoms with van der Waals surface area (Å²) in [5, 5.41) is 22.8. The number of carbonyl (C=O) groups is 2. The van der Waals surface area contributed by atoms with Gasteiger partial charge in [-0.1, -0.05) is 42.5 Å². The summed E-state index contributed by atoms with van der Waals surface area (Å²) >= 11 is 1.54. The van der Waals surface area contributed by atoms with Crippen molar-refractivity contribution in [3.8, 4) is 5.75 Å². The predicted molar refractivity (Wildman–Crippen MR) is 150 cm³/mol. The van der Waals surface area contributed by atoms with Gasteiger partial charge in [-0.2, -0.15) is 0 Å². The van der Waals surface area contributed by atoms with Crippen molar-refractivity contribution in [2.45, 2.75) is 51.1 Å². The van der Waals surface area contributed by atoms with Gasteiger partial charge in [-0.3, -0.25) is 4.84 Å². The van der Waals surface area contributed by atoms with Crippen molar-refractivity contribution in [2.24, 2.45) is 0 Å². The molecule has 3 rings (SSSR count). The molecule has 0 aliphatic rings. The molecule has 3 atom stereocenters. The van der Waals surface area contributed by atoms with E-state index < -0.39 is 34.6 Å². The number of hydrogen-bond donors (Lipinski definition) is 0. The Labute approximate surface area is 244 Å². The predicted octanol–water partition coefficient (Wildman–Crippen LogP) is 5.32. The molecule has 2 unspecified atom stereocenters. The molecule has 2 aromatic carbocycles. The zero-order valence-corrected chi connectivity index (χ0v) is 23.8. The highest BCUT2D eigenvalue weighted by molar-refractivity contribution is 7.10. The van der Waals surface area contributed by atoms with Gasteiger partial charge in [-0.25, -0.2) is 9.59 Å². The third kappa shape index (κ3) is 10.1. The Morgan fingerprint density at radius 1 is 0.952 bits per heavy atom. The van der Waals surface area contributed by atoms with E-state index in [1.54, 1.807) is 0 Å². The molecule has 0 fully saturated rings. The summed E-state index contributed by atoms with van der Waals surface area (Å²) in [6.07, 6.45) is -3.55. The molecule has 0 spiro atoms. The van der Waals surface area contributed by atoms with Crippen molar-refractivity contribution < 1.29 is 43.6 Å². The number of carbonyl (C=O) groups excluding carboxylic acids is 2. The molecule has 0 saturated heterocycles. The van der Waals surface area contributed by atoms with Crippen LogP contribution in [0.1, 0.15) is 43.6 Å². The lowest BCUT2D eigenvalue weighted by atomic mass is 10.1. The maximum atomic E-state index is 12.7. The normalized spacial score (nSPS) is 12.9. The fourth-order valence-electron chi connectivity index (χ4n) is 3.97. The molecule has 1 amide bonds. The Hall–Kier alpha value is -4.66. The van der Waals surface area contributed by atoms with Crippen LogP contribution in [0.25, 0.3) is 10.8 Å². The maximum Gasteiger partial charge on any atom is 0.412 e. The number of unbranched alkanes of at least 4 members (excludes halogenated alkanes) is 1. The highest BCUT2D eigenvalue weighted by Crippen LogP contribution is 2.33. The first-order chi connectivity index (χ1) is 20.1. The molecular weight excluding hydrogens is 574 g/mol. The second kappa shape index (κ2) is 16.0. The second-order valence-corrected chi connectivity index (χ2v) is 10.0. The molecule has 1 heterocycles. The van der Waals surface area contributed by atoms with E-state index in [-0.39, 0.29) is 38.5 Å². The summed E-state index contributed by atoms with van der Waals surface area (Å²) in [4.78, 5) is 56.9. The monoisotopic (exact) mass is 605 g/mol. The molecule has 0 radical (unpaired) electrons. The standard InChI is InChI=1S/C27H31N3O11S/c1-19(38-26(31)24(41-30(35)36)12-5-6-17-37-29(33)34)39-27(32)28(2)16-15-23(25-14-8-18-42-25)40-22-13-7-10-20-9-3-4-11-21(20)22/h3-4,7-11,13-14,18-19,23-24H,5-6,12,15-17H2,1-2H3/t19?,23-,24?/m0/s1. The van der Waals surface area contributed by atoms with Gasteiger partial charge in [-0.05, 0) is 42.2 Å². The minimum Gasteiger partial charge on any atom is -0.484 e. The first-order valence-electron chi connectivity index (χ1n) is 13.0. The van der Waals surface area contributed by atoms with Crippen LogP contribution in [0.3, 0.4) is 0 Å². The number of nitrogens with zero attached hydrogens (tertiary/aromatic N) is 3. The van der Waals surface area contributed by atoms with Gasteiger partial charge in [0.05, 0.1) is 6.61 Å². The zero-order chi connectivity index (χ0) is 30.5. The van der Waals surface area contributed by atoms with E-state index in [2.05, 4.69) is 9.68 Å². The average molecular weight is 606 g/mol. The second-order valence-electron chi connectivity index (χ2n) is 9.07. The summed E-state index contributed by atoms with van der Waals surface area (Å²) in [6.45, 7) is 1.29. The SMILES string of the molecule is CC(OC(=O)C(CCCCO[N+](=O)[O-])O[N+](=O)[O-])OC(=O)N(C)CC[C@H](Oc1cccc2ccccc12)c1cccs1. The molecule has 3 aromatic rings. The van der Waals surface area contributed by atoms with Crippen molar-refractivity contribution >= 4 is 34.2 Å². The number of hydrogen-bond acceptors (Lipinski definition) is 12. The van der Waals surface area contributed by atoms with Crippen LogP contribution in [0, 0.1) is 20.2 Å². The molecule has 1 aromatic heterocycles. The number of rotatable bonds is 17. The Balaban J connectivity index is 1.53. The molecule has 0 bridgehead atoms. The highest BCUT2D eigenvalue weighted by atomic mass is 32.1. The third-order valence-electron chi connectivity index (χ3n) is 6.00. The van der Waals surface area contributed by atoms with E-state index in [0.29, 0.717) is 12.2 Å². The van der Waals surface area contributed by atoms with Gasteiger partial charge < -0.3 is 23.9 Å². The number of benzene rings is 2. The molecule has 0 saturated carbocycles. The highest BCUT2D eigenvalue weighted by Gasteiger charge is 2.27. The Kier molecular flexibility index (Phi) is 12.1. The van der Waals surface area contributed by atoms with Crippen LogP contribution in [0.2, 0.25) is 0 Å². The zero-order valence-electron chi connectivity index (χ0n) is 23.0. The summed E-state index contributed by atoms with van der Waals surface area (Å²) in [7, 11) is 1.52. The van der Waals surface area contributed by atoms with E-state index in [9.17, 15) is 29.8 Å². The van der Waals surface area contributed by atoms with Crippen LogP contribution in [0.4, 0.5) is 4.79 Å². The summed E-state index contributed by atoms with van der Waals surface area (Å²) in [5.41, 5.74) is 0. The molecule has 14 nitrogen and oxygen atoms in total. The molecule has 15 heteroatoms. The van der Waals surface area contributed by atoms with Gasteiger partial charge in [-0.15, -0.1) is 31.6 Å². The molecule has 42 heavy (non-hydrogen) atoms. The number of thiophene rings is 1. The Morgan fingerprint density at radius 3 is 2.43 bits per heavy atom. The molecule has 0 aliphatic heterocycles. The fourth-order valence-corrected chi connectivity index (χ4v) is 4.76. The van der Waals surface area contributed by atoms with E-state index in [0.717, 1.165) is 15.6 Å². The van der Waals surface area contributed by atoms with Gasteiger partial charge in [0.25, 0.3) is 10.2 Å². The quantitative estimate of drug-likeness (QED) is 0.0641. The van der Waals surface area contributed by atoms with Gasteiger partial charge in [0, 0.05) is 37.2 Å². The molecular formula is C27H31N3O11S. The van der Waals surface area contributed by atoms with Crippen LogP contribution in [-0.2, 0) is 23.9 Å². The Bertz CT molecular complexity index is 1330. The maximum absolute atomic E-state index is 12.7. The van der Waals surface area contributed by atoms with Crippen molar-refractivity contribution in [1.82, 2.24) is 4.90 Å². The third-order valence-corrected chi connectivity index (χ3v) is 6.96. The first-order valence-corrected chi connectivity index (χ1v) is 13.9. The lowest BCUT2D eigenvalue weighted by Crippen LogP contribution is -2.36. The van der Waals surface area contributed by atoms with Crippen LogP contribution in [0.15, 0.2) is 60.0 Å². The van der Waals surface area contributed by atoms with E-state index in [4.69, 9.17) is 14.2 Å². The van der Waals surface area contributed by atoms with Gasteiger partial charge >= 0.3 is 12.1 Å². The van der Waals surface area contributed by atoms with Crippen molar-refractivity contribution in [2.75, 3.05) is 20.2 Å². The van der Waals surface area contributed by atoms with Crippen molar-refractivity contribution in [3.63, 3.8) is 0 Å². The first kappa shape index (κ1) is 31.9. The van der Waals surface area contributed by atoms with Crippen molar-refractivity contribution in [3.05, 3.63) is 85.1 Å². The molecule has 0 N–H and O–H groups in total. The molecule has 226 valence electrons. The topological polar surface area (TPSA) is 170 Å². The average Bonchev–Trinajstić information content (AvgIpc) is 3.49. The number of fused-ring (bicyclic) bond motifs is 1. The number of amides is 1. The van der Waals surface area contributed by atoms with E-state index in [1.807, 2.05) is 60.0 Å². The van der Waals surface area contributed by atoms with Crippen LogP contribution < -0.4 is 4.74 Å². The van der Waals surface area contributed by atoms with Gasteiger partial charge in [0.15, 0.2) is 0 Å². The minimum absolute atomic E-state index is 0.143. The van der Waals surface area contributed by atoms with Crippen LogP contribution >= 0.6 is 11.3 Å². The van der Waals surface area contributed by atoms with Crippen LogP contribution in [0.5, 0.6) is 5.75 Å². The van der Waals surface area contributed by atoms with E-state index >= 15 is 0 Å². The van der Waals surface area contributed by atoms with E-state index in [1.165, 1.54) is 30.2 Å². The van der Waals surface area contributed by atoms with Gasteiger partial charge in [0.2, 0.25) is 12.4 Å². The van der Waals surface area contributed by atoms with Crippen molar-refractivity contribution in [1.29, 1.82) is 0 Å². The molecule has 0 aliphatic carbocycles. The smallest absolute Gasteiger partial charge is 0.412 e. The fraction of sp³-hybridized carbons (Fsp3) is 0.407. The summed E-state index contributed by atoms with van der Waals surface area (Å²) in [6, 6.07) is 17.6. The number of ether oxygens (including phenoxy) is 3. The van der Waals surface area contributed by atoms with Gasteiger partial charge in [0.1, 0.15) is 11.9 Å². The summed E-state index contributed by atoms with van der Waals surface area (Å²) < 4.78 is 16.6. The summed E-state index contributed by atoms with van der Waals surface area (Å²) in [5.74, 6) is -0.403. The van der Waals surface area contributed by atoms with Crippen LogP contribution in [-0.4, -0.2) is 59.7 Å². The Morgan fingerprint density at radius 2 is 1.71 bits per heavy atom. The number of esters is 1. The minimum atomic E-state index is -1.60. The lowest BCUT2D eigenvalue weighted by Gasteiger charge is -2.24. The largest absolute Gasteiger partial charge is 0.484 e.